The Labute approximate surface area is 110 Å². The first-order valence-electron chi connectivity index (χ1n) is 5.96. The van der Waals surface area contributed by atoms with E-state index >= 15 is 0 Å². The smallest absolute Gasteiger partial charge is 0.355 e. The molecule has 0 bridgehead atoms. The number of aromatic nitrogens is 1. The Balaban J connectivity index is 2.68. The number of aryl methyl sites for hydroxylation is 1. The molecule has 1 amide bonds. The van der Waals surface area contributed by atoms with Crippen molar-refractivity contribution in [3.8, 4) is 0 Å². The fourth-order valence-electron chi connectivity index (χ4n) is 1.92. The van der Waals surface area contributed by atoms with Crippen molar-refractivity contribution in [1.82, 2.24) is 4.98 Å². The first kappa shape index (κ1) is 13.0. The van der Waals surface area contributed by atoms with Crippen LogP contribution >= 0.6 is 0 Å². The van der Waals surface area contributed by atoms with Gasteiger partial charge in [-0.2, -0.15) is 0 Å². The van der Waals surface area contributed by atoms with Crippen molar-refractivity contribution >= 4 is 28.3 Å². The maximum Gasteiger partial charge on any atom is 0.355 e. The average molecular weight is 258 g/mol. The van der Waals surface area contributed by atoms with E-state index in [4.69, 9.17) is 0 Å². The molecule has 1 heterocycles. The van der Waals surface area contributed by atoms with Gasteiger partial charge in [-0.1, -0.05) is 19.1 Å². The summed E-state index contributed by atoms with van der Waals surface area (Å²) in [6, 6.07) is 6.91. The van der Waals surface area contributed by atoms with E-state index in [2.05, 4.69) is 10.3 Å². The van der Waals surface area contributed by atoms with Crippen LogP contribution in [0.25, 0.3) is 10.8 Å². The zero-order valence-electron chi connectivity index (χ0n) is 10.7. The van der Waals surface area contributed by atoms with E-state index in [0.717, 1.165) is 0 Å². The summed E-state index contributed by atoms with van der Waals surface area (Å²) in [4.78, 5) is 26.7. The second-order valence-electron chi connectivity index (χ2n) is 4.22. The minimum atomic E-state index is -1.08. The van der Waals surface area contributed by atoms with Crippen LogP contribution in [0.15, 0.2) is 24.3 Å². The number of aromatic carboxylic acids is 1. The van der Waals surface area contributed by atoms with Crippen LogP contribution in [0.4, 0.5) is 5.69 Å². The fourth-order valence-corrected chi connectivity index (χ4v) is 1.92. The van der Waals surface area contributed by atoms with E-state index < -0.39 is 5.97 Å². The summed E-state index contributed by atoms with van der Waals surface area (Å²) in [5.41, 5.74) is 1.21. The molecular weight excluding hydrogens is 244 g/mol. The maximum absolute atomic E-state index is 11.5. The van der Waals surface area contributed by atoms with Crippen molar-refractivity contribution in [3.63, 3.8) is 0 Å². The van der Waals surface area contributed by atoms with Gasteiger partial charge in [0.25, 0.3) is 0 Å². The molecule has 0 unspecified atom stereocenters. The van der Waals surface area contributed by atoms with Crippen molar-refractivity contribution in [3.05, 3.63) is 35.7 Å². The number of hydrogen-bond acceptors (Lipinski definition) is 3. The van der Waals surface area contributed by atoms with Crippen LogP contribution < -0.4 is 5.32 Å². The Hall–Kier alpha value is -2.43. The summed E-state index contributed by atoms with van der Waals surface area (Å²) in [5.74, 6) is -1.19. The van der Waals surface area contributed by atoms with Crippen LogP contribution in [-0.2, 0) is 4.79 Å². The van der Waals surface area contributed by atoms with Crippen LogP contribution in [0.1, 0.15) is 29.5 Å². The Morgan fingerprint density at radius 3 is 2.68 bits per heavy atom. The van der Waals surface area contributed by atoms with Crippen LogP contribution in [0.5, 0.6) is 0 Å². The highest BCUT2D eigenvalue weighted by Crippen LogP contribution is 2.26. The number of carboxylic acids is 1. The largest absolute Gasteiger partial charge is 0.476 e. The third-order valence-corrected chi connectivity index (χ3v) is 2.80. The maximum atomic E-state index is 11.5. The molecule has 98 valence electrons. The molecule has 1 aromatic heterocycles. The van der Waals surface area contributed by atoms with Crippen molar-refractivity contribution in [2.75, 3.05) is 5.32 Å². The highest BCUT2D eigenvalue weighted by Gasteiger charge is 2.13. The molecule has 0 fully saturated rings. The van der Waals surface area contributed by atoms with Crippen LogP contribution in [-0.4, -0.2) is 22.0 Å². The quantitative estimate of drug-likeness (QED) is 0.886. The molecule has 5 nitrogen and oxygen atoms in total. The van der Waals surface area contributed by atoms with Crippen molar-refractivity contribution in [2.45, 2.75) is 20.3 Å². The van der Waals surface area contributed by atoms with Crippen molar-refractivity contribution in [2.24, 2.45) is 0 Å². The monoisotopic (exact) mass is 258 g/mol. The molecule has 5 heteroatoms. The average Bonchev–Trinajstić information content (AvgIpc) is 2.38. The fraction of sp³-hybridized carbons (Fsp3) is 0.214. The number of rotatable bonds is 3. The molecule has 1 aromatic carbocycles. The molecule has 0 aliphatic heterocycles. The molecule has 0 radical (unpaired) electrons. The van der Waals surface area contributed by atoms with Gasteiger partial charge >= 0.3 is 5.97 Å². The van der Waals surface area contributed by atoms with Crippen LogP contribution in [0, 0.1) is 6.92 Å². The summed E-state index contributed by atoms with van der Waals surface area (Å²) in [6.07, 6.45) is 0.367. The van der Waals surface area contributed by atoms with Crippen molar-refractivity contribution < 1.29 is 14.7 Å². The van der Waals surface area contributed by atoms with Crippen LogP contribution in [0.3, 0.4) is 0 Å². The summed E-state index contributed by atoms with van der Waals surface area (Å²) < 4.78 is 0. The van der Waals surface area contributed by atoms with E-state index in [1.807, 2.05) is 0 Å². The van der Waals surface area contributed by atoms with Gasteiger partial charge in [0.15, 0.2) is 5.69 Å². The molecule has 0 atom stereocenters. The second kappa shape index (κ2) is 5.06. The minimum Gasteiger partial charge on any atom is -0.476 e. The number of pyridine rings is 1. The van der Waals surface area contributed by atoms with Crippen molar-refractivity contribution in [1.29, 1.82) is 0 Å². The van der Waals surface area contributed by atoms with Gasteiger partial charge in [0.1, 0.15) is 0 Å². The minimum absolute atomic E-state index is 0.00241. The van der Waals surface area contributed by atoms with Gasteiger partial charge in [0, 0.05) is 28.6 Å². The Morgan fingerprint density at radius 1 is 1.32 bits per heavy atom. The molecule has 2 N–H and O–H groups in total. The van der Waals surface area contributed by atoms with Gasteiger partial charge in [0.2, 0.25) is 5.91 Å². The van der Waals surface area contributed by atoms with E-state index in [9.17, 15) is 14.7 Å². The van der Waals surface area contributed by atoms with Crippen LogP contribution in [0.2, 0.25) is 0 Å². The number of hydrogen-bond donors (Lipinski definition) is 2. The predicted octanol–water partition coefficient (Wildman–Crippen LogP) is 2.59. The SMILES string of the molecule is CCC(=O)Nc1cccc2c(C(=O)O)nc(C)cc12. The first-order chi connectivity index (χ1) is 9.02. The van der Waals surface area contributed by atoms with Gasteiger partial charge in [-0.15, -0.1) is 0 Å². The Morgan fingerprint density at radius 2 is 2.05 bits per heavy atom. The predicted molar refractivity (Wildman–Crippen MR) is 72.4 cm³/mol. The van der Waals surface area contributed by atoms with E-state index in [1.54, 1.807) is 38.1 Å². The van der Waals surface area contributed by atoms with E-state index in [1.165, 1.54) is 0 Å². The number of nitrogens with zero attached hydrogens (tertiary/aromatic N) is 1. The molecule has 0 spiro atoms. The number of carbonyl (C=O) groups is 2. The Bertz CT molecular complexity index is 665. The Kier molecular flexibility index (Phi) is 3.46. The van der Waals surface area contributed by atoms with E-state index in [0.29, 0.717) is 28.6 Å². The summed E-state index contributed by atoms with van der Waals surface area (Å²) in [6.45, 7) is 3.49. The second-order valence-corrected chi connectivity index (χ2v) is 4.22. The highest BCUT2D eigenvalue weighted by molar-refractivity contribution is 6.08. The zero-order chi connectivity index (χ0) is 14.0. The number of fused-ring (bicyclic) bond motifs is 1. The number of amides is 1. The molecule has 0 aliphatic carbocycles. The lowest BCUT2D eigenvalue weighted by Crippen LogP contribution is -2.10. The standard InChI is InChI=1S/C14H14N2O3/c1-3-12(17)16-11-6-4-5-9-10(11)7-8(2)15-13(9)14(18)19/h4-7H,3H2,1-2H3,(H,16,17)(H,18,19). The normalized spacial score (nSPS) is 10.4. The molecule has 2 aromatic rings. The zero-order valence-corrected chi connectivity index (χ0v) is 10.7. The highest BCUT2D eigenvalue weighted by atomic mass is 16.4. The molecule has 0 saturated carbocycles. The number of nitrogens with one attached hydrogen (secondary N) is 1. The number of carbonyl (C=O) groups excluding carboxylic acids is 1. The summed E-state index contributed by atoms with van der Waals surface area (Å²) in [5, 5.41) is 13.2. The number of anilines is 1. The lowest BCUT2D eigenvalue weighted by molar-refractivity contribution is -0.115. The third-order valence-electron chi connectivity index (χ3n) is 2.80. The summed E-state index contributed by atoms with van der Waals surface area (Å²) in [7, 11) is 0. The van der Waals surface area contributed by atoms with Gasteiger partial charge in [0.05, 0.1) is 0 Å². The molecular formula is C14H14N2O3. The molecule has 19 heavy (non-hydrogen) atoms. The topological polar surface area (TPSA) is 79.3 Å². The molecule has 2 rings (SSSR count). The summed E-state index contributed by atoms with van der Waals surface area (Å²) >= 11 is 0. The van der Waals surface area contributed by atoms with Gasteiger partial charge < -0.3 is 10.4 Å². The van der Waals surface area contributed by atoms with Gasteiger partial charge in [-0.3, -0.25) is 4.79 Å². The third kappa shape index (κ3) is 2.54. The number of carboxylic acid groups (broad SMARTS) is 1. The van der Waals surface area contributed by atoms with E-state index in [-0.39, 0.29) is 11.6 Å². The molecule has 0 aliphatic rings. The number of benzene rings is 1. The lowest BCUT2D eigenvalue weighted by atomic mass is 10.1. The molecule has 0 saturated heterocycles. The first-order valence-corrected chi connectivity index (χ1v) is 5.96. The lowest BCUT2D eigenvalue weighted by Gasteiger charge is -2.10. The van der Waals surface area contributed by atoms with Gasteiger partial charge in [-0.05, 0) is 19.1 Å². The van der Waals surface area contributed by atoms with Gasteiger partial charge in [-0.25, -0.2) is 9.78 Å².